The zero-order valence-electron chi connectivity index (χ0n) is 30.1. The summed E-state index contributed by atoms with van der Waals surface area (Å²) >= 11 is 0. The Morgan fingerprint density at radius 3 is 2.04 bits per heavy atom. The maximum Gasteiger partial charge on any atom is 0.285 e. The molecule has 2 amide bonds. The van der Waals surface area contributed by atoms with Crippen LogP contribution in [0.4, 0.5) is 0 Å². The minimum absolute atomic E-state index is 0.0239. The Balaban J connectivity index is 1.51. The molecule has 4 rings (SSSR count). The highest BCUT2D eigenvalue weighted by Gasteiger charge is 2.69. The van der Waals surface area contributed by atoms with E-state index in [0.717, 1.165) is 12.8 Å². The molecule has 0 aromatic heterocycles. The first-order valence-corrected chi connectivity index (χ1v) is 19.3. The van der Waals surface area contributed by atoms with Crippen LogP contribution < -0.4 is 5.73 Å². The number of likely N-dealkylation sites (tertiary alicyclic amines) is 1. The fourth-order valence-corrected chi connectivity index (χ4v) is 9.89. The topological polar surface area (TPSA) is 149 Å². The molecule has 1 heterocycles. The van der Waals surface area contributed by atoms with Gasteiger partial charge in [0.1, 0.15) is 5.78 Å². The van der Waals surface area contributed by atoms with Crippen LogP contribution in [-0.4, -0.2) is 60.8 Å². The first kappa shape index (κ1) is 37.9. The lowest BCUT2D eigenvalue weighted by Crippen LogP contribution is -2.51. The van der Waals surface area contributed by atoms with Gasteiger partial charge in [0.25, 0.3) is 5.91 Å². The molecule has 2 saturated carbocycles. The number of rotatable bonds is 16. The van der Waals surface area contributed by atoms with Gasteiger partial charge in [0.15, 0.2) is 15.6 Å². The number of primary amides is 1. The Hall–Kier alpha value is -2.88. The third-order valence-corrected chi connectivity index (χ3v) is 13.0. The van der Waals surface area contributed by atoms with Gasteiger partial charge in [-0.3, -0.25) is 24.0 Å². The van der Waals surface area contributed by atoms with Crippen LogP contribution in [0, 0.1) is 51.8 Å². The van der Waals surface area contributed by atoms with Crippen LogP contribution in [0.3, 0.4) is 0 Å². The lowest BCUT2D eigenvalue weighted by atomic mass is 9.73. The first-order valence-electron chi connectivity index (χ1n) is 17.5. The number of hydrogen-bond acceptors (Lipinski definition) is 7. The van der Waals surface area contributed by atoms with Crippen molar-refractivity contribution in [3.8, 4) is 0 Å². The second kappa shape index (κ2) is 13.8. The van der Waals surface area contributed by atoms with Crippen LogP contribution in [0.25, 0.3) is 0 Å². The molecular formula is C38H56N2O7S. The minimum atomic E-state index is -3.52. The summed E-state index contributed by atoms with van der Waals surface area (Å²) in [6.07, 6.45) is 2.19. The molecule has 1 aliphatic heterocycles. The molecule has 0 bridgehead atoms. The molecule has 0 spiro atoms. The molecule has 1 aromatic carbocycles. The molecule has 266 valence electrons. The van der Waals surface area contributed by atoms with E-state index in [1.54, 1.807) is 29.2 Å². The molecule has 2 N–H and O–H groups in total. The number of ketones is 3. The smallest absolute Gasteiger partial charge is 0.285 e. The molecule has 3 fully saturated rings. The van der Waals surface area contributed by atoms with Crippen molar-refractivity contribution in [2.75, 3.05) is 12.3 Å². The molecule has 0 radical (unpaired) electrons. The summed E-state index contributed by atoms with van der Waals surface area (Å²) in [5.41, 5.74) is 4.82. The van der Waals surface area contributed by atoms with Gasteiger partial charge in [0, 0.05) is 37.6 Å². The van der Waals surface area contributed by atoms with Gasteiger partial charge in [0.05, 0.1) is 17.5 Å². The highest BCUT2D eigenvalue weighted by molar-refractivity contribution is 7.90. The number of fused-ring (bicyclic) bond motifs is 1. The Morgan fingerprint density at radius 2 is 1.52 bits per heavy atom. The molecule has 9 nitrogen and oxygen atoms in total. The number of Topliss-reactive ketones (excluding diaryl/α,β-unsaturated/α-hetero) is 3. The van der Waals surface area contributed by atoms with E-state index in [4.69, 9.17) is 5.73 Å². The molecule has 1 saturated heterocycles. The molecule has 1 aromatic rings. The number of piperidine rings is 1. The van der Waals surface area contributed by atoms with E-state index in [2.05, 4.69) is 13.8 Å². The summed E-state index contributed by atoms with van der Waals surface area (Å²) in [6.45, 7) is 16.1. The van der Waals surface area contributed by atoms with Gasteiger partial charge in [-0.25, -0.2) is 8.42 Å². The first-order chi connectivity index (χ1) is 22.0. The van der Waals surface area contributed by atoms with E-state index in [1.165, 1.54) is 0 Å². The van der Waals surface area contributed by atoms with Crippen molar-refractivity contribution in [3.05, 3.63) is 35.9 Å². The highest BCUT2D eigenvalue weighted by Crippen LogP contribution is 2.65. The fraction of sp³-hybridized carbons (Fsp3) is 0.711. The van der Waals surface area contributed by atoms with Gasteiger partial charge >= 0.3 is 0 Å². The summed E-state index contributed by atoms with van der Waals surface area (Å²) < 4.78 is 26.5. The van der Waals surface area contributed by atoms with Crippen molar-refractivity contribution < 1.29 is 32.4 Å². The zero-order chi connectivity index (χ0) is 36.0. The van der Waals surface area contributed by atoms with E-state index in [-0.39, 0.29) is 65.5 Å². The Morgan fingerprint density at radius 1 is 0.917 bits per heavy atom. The molecule has 2 unspecified atom stereocenters. The Labute approximate surface area is 287 Å². The number of hydrogen-bond donors (Lipinski definition) is 1. The van der Waals surface area contributed by atoms with Crippen LogP contribution in [0.1, 0.15) is 99.5 Å². The zero-order valence-corrected chi connectivity index (χ0v) is 30.9. The predicted molar refractivity (Wildman–Crippen MR) is 185 cm³/mol. The summed E-state index contributed by atoms with van der Waals surface area (Å²) in [5, 5.41) is 0. The Bertz CT molecular complexity index is 1520. The van der Waals surface area contributed by atoms with E-state index in [9.17, 15) is 32.4 Å². The monoisotopic (exact) mass is 684 g/mol. The summed E-state index contributed by atoms with van der Waals surface area (Å²) in [7, 11) is -3.52. The van der Waals surface area contributed by atoms with E-state index >= 15 is 0 Å². The van der Waals surface area contributed by atoms with Gasteiger partial charge in [-0.1, -0.05) is 98.6 Å². The van der Waals surface area contributed by atoms with Gasteiger partial charge in [-0.2, -0.15) is 0 Å². The standard InChI is InChI=1S/C38H56N2O7S/c1-36(2,3)26(22-48(46,47)21-24-12-10-9-11-13-24)18-27(41)19-28(37(4,5)6)35(45)40-20-29-31(38(29,7)8)32(40)30(42)17-25(16-23-14-15-23)33(43)34(39)44/h9-13,23,25-26,28-29,31-32H,14-22H2,1-8H3,(H2,39,44)/t25?,26-,28-,29?,31+,32-/m1/s1. The van der Waals surface area contributed by atoms with Crippen LogP contribution in [0.2, 0.25) is 0 Å². The number of benzene rings is 1. The van der Waals surface area contributed by atoms with Gasteiger partial charge in [0.2, 0.25) is 11.7 Å². The number of nitrogens with two attached hydrogens (primary N) is 1. The number of carbonyl (C=O) groups excluding carboxylic acids is 5. The third kappa shape index (κ3) is 9.01. The van der Waals surface area contributed by atoms with Crippen LogP contribution in [0.5, 0.6) is 0 Å². The summed E-state index contributed by atoms with van der Waals surface area (Å²) in [4.78, 5) is 68.4. The third-order valence-electron chi connectivity index (χ3n) is 11.4. The number of amides is 2. The van der Waals surface area contributed by atoms with Crippen molar-refractivity contribution in [2.45, 2.75) is 106 Å². The lowest BCUT2D eigenvalue weighted by molar-refractivity contribution is -0.148. The Kier molecular flexibility index (Phi) is 10.9. The summed E-state index contributed by atoms with van der Waals surface area (Å²) in [6, 6.07) is 8.26. The molecule has 48 heavy (non-hydrogen) atoms. The van der Waals surface area contributed by atoms with Crippen molar-refractivity contribution >= 4 is 39.0 Å². The van der Waals surface area contributed by atoms with Gasteiger partial charge in [-0.15, -0.1) is 0 Å². The quantitative estimate of drug-likeness (QED) is 0.236. The van der Waals surface area contributed by atoms with E-state index < -0.39 is 56.2 Å². The second-order valence-corrected chi connectivity index (χ2v) is 19.7. The normalized spacial score (nSPS) is 23.9. The van der Waals surface area contributed by atoms with Crippen molar-refractivity contribution in [1.29, 1.82) is 0 Å². The minimum Gasteiger partial charge on any atom is -0.363 e. The summed E-state index contributed by atoms with van der Waals surface area (Å²) in [5.74, 6) is -4.26. The molecule has 2 aliphatic carbocycles. The maximum atomic E-state index is 14.4. The van der Waals surface area contributed by atoms with Crippen LogP contribution >= 0.6 is 0 Å². The van der Waals surface area contributed by atoms with Gasteiger partial charge in [-0.05, 0) is 51.9 Å². The van der Waals surface area contributed by atoms with Crippen molar-refractivity contribution in [1.82, 2.24) is 4.90 Å². The van der Waals surface area contributed by atoms with E-state index in [0.29, 0.717) is 24.4 Å². The van der Waals surface area contributed by atoms with Crippen LogP contribution in [-0.2, 0) is 39.6 Å². The van der Waals surface area contributed by atoms with Crippen molar-refractivity contribution in [3.63, 3.8) is 0 Å². The van der Waals surface area contributed by atoms with Crippen LogP contribution in [0.15, 0.2) is 30.3 Å². The SMILES string of the molecule is CC(C)(C)[C@H](CC(=O)C[C@H](C(=O)N1CC2[C@@H]([C@H]1C(=O)CC(CC1CC1)C(=O)C(N)=O)C2(C)C)C(C)(C)C)CS(=O)(=O)Cc1ccccc1. The molecule has 3 aliphatic rings. The highest BCUT2D eigenvalue weighted by atomic mass is 32.2. The average Bonchev–Trinajstić information content (AvgIpc) is 3.81. The average molecular weight is 685 g/mol. The molecular weight excluding hydrogens is 628 g/mol. The van der Waals surface area contributed by atoms with E-state index in [1.807, 2.05) is 47.6 Å². The molecule has 10 heteroatoms. The number of nitrogens with zero attached hydrogens (tertiary/aromatic N) is 1. The van der Waals surface area contributed by atoms with Gasteiger partial charge < -0.3 is 10.6 Å². The molecule has 6 atom stereocenters. The maximum absolute atomic E-state index is 14.4. The largest absolute Gasteiger partial charge is 0.363 e. The fourth-order valence-electron chi connectivity index (χ4n) is 7.85. The van der Waals surface area contributed by atoms with Crippen molar-refractivity contribution in [2.24, 2.45) is 57.5 Å². The second-order valence-electron chi connectivity index (χ2n) is 17.6. The number of carbonyl (C=O) groups is 5. The number of sulfone groups is 1. The predicted octanol–water partition coefficient (Wildman–Crippen LogP) is 5.19. The lowest BCUT2D eigenvalue weighted by Gasteiger charge is -2.38.